The van der Waals surface area contributed by atoms with Gasteiger partial charge in [-0.3, -0.25) is 0 Å². The number of hydrogen-bond acceptors (Lipinski definition) is 2. The molecular weight excluding hydrogens is 346 g/mol. The molecule has 1 N–H and O–H groups in total. The van der Waals surface area contributed by atoms with Crippen molar-refractivity contribution in [3.05, 3.63) is 28.2 Å². The van der Waals surface area contributed by atoms with Crippen molar-refractivity contribution < 1.29 is 14.6 Å². The standard InChI is InChI=1S/C17H24BrNO3/c1-13-15(18)8-4-9-16(13)22-11-3-2-6-14-7-5-10-19(12-14)17(20)21/h4,8-9,14H,2-3,5-7,10-12H2,1H3,(H,20,21)/t14-/m1/s1. The van der Waals surface area contributed by atoms with Gasteiger partial charge >= 0.3 is 6.09 Å². The van der Waals surface area contributed by atoms with E-state index in [0.717, 1.165) is 47.9 Å². The van der Waals surface area contributed by atoms with Crippen molar-refractivity contribution in [2.24, 2.45) is 5.92 Å². The zero-order chi connectivity index (χ0) is 15.9. The number of carbonyl (C=O) groups is 1. The Kier molecular flexibility index (Phi) is 6.55. The first kappa shape index (κ1) is 17.1. The van der Waals surface area contributed by atoms with Gasteiger partial charge in [-0.05, 0) is 57.1 Å². The maximum Gasteiger partial charge on any atom is 0.407 e. The summed E-state index contributed by atoms with van der Waals surface area (Å²) in [5.74, 6) is 1.45. The van der Waals surface area contributed by atoms with Crippen LogP contribution in [-0.2, 0) is 0 Å². The van der Waals surface area contributed by atoms with Crippen LogP contribution in [0.5, 0.6) is 5.75 Å². The van der Waals surface area contributed by atoms with Gasteiger partial charge in [0.15, 0.2) is 0 Å². The van der Waals surface area contributed by atoms with Crippen LogP contribution in [0, 0.1) is 12.8 Å². The number of amides is 1. The summed E-state index contributed by atoms with van der Waals surface area (Å²) in [5.41, 5.74) is 1.13. The zero-order valence-electron chi connectivity index (χ0n) is 13.1. The Hall–Kier alpha value is -1.23. The smallest absolute Gasteiger partial charge is 0.407 e. The van der Waals surface area contributed by atoms with E-state index < -0.39 is 6.09 Å². The fraction of sp³-hybridized carbons (Fsp3) is 0.588. The molecule has 122 valence electrons. The van der Waals surface area contributed by atoms with E-state index in [2.05, 4.69) is 15.9 Å². The monoisotopic (exact) mass is 369 g/mol. The lowest BCUT2D eigenvalue weighted by molar-refractivity contribution is 0.117. The second kappa shape index (κ2) is 8.42. The number of hydrogen-bond donors (Lipinski definition) is 1. The third-order valence-electron chi connectivity index (χ3n) is 4.27. The van der Waals surface area contributed by atoms with Gasteiger partial charge in [-0.2, -0.15) is 0 Å². The number of nitrogens with zero attached hydrogens (tertiary/aromatic N) is 1. The van der Waals surface area contributed by atoms with Crippen LogP contribution in [0.4, 0.5) is 4.79 Å². The van der Waals surface area contributed by atoms with E-state index in [9.17, 15) is 4.79 Å². The molecule has 1 atom stereocenters. The number of piperidine rings is 1. The van der Waals surface area contributed by atoms with E-state index in [-0.39, 0.29) is 0 Å². The maximum atomic E-state index is 11.0. The Labute approximate surface area is 140 Å². The van der Waals surface area contributed by atoms with Crippen LogP contribution in [0.3, 0.4) is 0 Å². The molecule has 22 heavy (non-hydrogen) atoms. The van der Waals surface area contributed by atoms with E-state index in [1.807, 2.05) is 25.1 Å². The van der Waals surface area contributed by atoms with Gasteiger partial charge in [0.2, 0.25) is 0 Å². The molecule has 0 aliphatic carbocycles. The zero-order valence-corrected chi connectivity index (χ0v) is 14.6. The molecule has 0 spiro atoms. The average Bonchev–Trinajstić information content (AvgIpc) is 2.51. The first-order chi connectivity index (χ1) is 10.6. The van der Waals surface area contributed by atoms with Crippen LogP contribution in [0.25, 0.3) is 0 Å². The lowest BCUT2D eigenvalue weighted by atomic mass is 9.93. The minimum absolute atomic E-state index is 0.512. The van der Waals surface area contributed by atoms with E-state index in [4.69, 9.17) is 9.84 Å². The average molecular weight is 370 g/mol. The molecule has 1 heterocycles. The number of likely N-dealkylation sites (tertiary alicyclic amines) is 1. The van der Waals surface area contributed by atoms with Crippen molar-refractivity contribution in [2.45, 2.75) is 39.0 Å². The van der Waals surface area contributed by atoms with Gasteiger partial charge < -0.3 is 14.7 Å². The van der Waals surface area contributed by atoms with Gasteiger partial charge in [0.25, 0.3) is 0 Å². The number of unbranched alkanes of at least 4 members (excludes halogenated alkanes) is 1. The Morgan fingerprint density at radius 2 is 2.27 bits per heavy atom. The Bertz CT molecular complexity index is 507. The highest BCUT2D eigenvalue weighted by Crippen LogP contribution is 2.26. The molecule has 0 radical (unpaired) electrons. The maximum absolute atomic E-state index is 11.0. The molecule has 1 aliphatic heterocycles. The topological polar surface area (TPSA) is 49.8 Å². The van der Waals surface area contributed by atoms with Crippen LogP contribution < -0.4 is 4.74 Å². The SMILES string of the molecule is Cc1c(Br)cccc1OCCCC[C@@H]1CCCN(C(=O)O)C1. The summed E-state index contributed by atoms with van der Waals surface area (Å²) in [6, 6.07) is 5.99. The van der Waals surface area contributed by atoms with Crippen LogP contribution in [-0.4, -0.2) is 35.8 Å². The first-order valence-electron chi connectivity index (χ1n) is 7.93. The van der Waals surface area contributed by atoms with Crippen molar-refractivity contribution >= 4 is 22.0 Å². The molecule has 1 fully saturated rings. The molecular formula is C17H24BrNO3. The third-order valence-corrected chi connectivity index (χ3v) is 5.13. The summed E-state index contributed by atoms with van der Waals surface area (Å²) in [6.07, 6.45) is 4.55. The van der Waals surface area contributed by atoms with Crippen LogP contribution >= 0.6 is 15.9 Å². The highest BCUT2D eigenvalue weighted by atomic mass is 79.9. The van der Waals surface area contributed by atoms with Crippen molar-refractivity contribution in [1.82, 2.24) is 4.90 Å². The quantitative estimate of drug-likeness (QED) is 0.739. The van der Waals surface area contributed by atoms with Crippen molar-refractivity contribution in [2.75, 3.05) is 19.7 Å². The van der Waals surface area contributed by atoms with Gasteiger partial charge in [-0.15, -0.1) is 0 Å². The minimum Gasteiger partial charge on any atom is -0.493 e. The molecule has 1 amide bonds. The normalized spacial score (nSPS) is 18.3. The lowest BCUT2D eigenvalue weighted by Gasteiger charge is -2.30. The molecule has 2 rings (SSSR count). The summed E-state index contributed by atoms with van der Waals surface area (Å²) in [4.78, 5) is 12.5. The predicted octanol–water partition coefficient (Wildman–Crippen LogP) is 4.70. The summed E-state index contributed by atoms with van der Waals surface area (Å²) in [5, 5.41) is 9.04. The first-order valence-corrected chi connectivity index (χ1v) is 8.73. The second-order valence-electron chi connectivity index (χ2n) is 5.94. The van der Waals surface area contributed by atoms with E-state index in [1.165, 1.54) is 0 Å². The third kappa shape index (κ3) is 4.90. The lowest BCUT2D eigenvalue weighted by Crippen LogP contribution is -2.38. The molecule has 1 saturated heterocycles. The van der Waals surface area contributed by atoms with E-state index in [1.54, 1.807) is 4.90 Å². The van der Waals surface area contributed by atoms with E-state index in [0.29, 0.717) is 25.6 Å². The van der Waals surface area contributed by atoms with Gasteiger partial charge in [-0.25, -0.2) is 4.79 Å². The van der Waals surface area contributed by atoms with Gasteiger partial charge in [0, 0.05) is 23.1 Å². The van der Waals surface area contributed by atoms with Crippen molar-refractivity contribution in [1.29, 1.82) is 0 Å². The van der Waals surface area contributed by atoms with Gasteiger partial charge in [0.05, 0.1) is 6.61 Å². The molecule has 0 saturated carbocycles. The fourth-order valence-electron chi connectivity index (χ4n) is 2.94. The van der Waals surface area contributed by atoms with Crippen LogP contribution in [0.2, 0.25) is 0 Å². The van der Waals surface area contributed by atoms with Crippen LogP contribution in [0.15, 0.2) is 22.7 Å². The van der Waals surface area contributed by atoms with Gasteiger partial charge in [-0.1, -0.05) is 22.0 Å². The number of benzene rings is 1. The molecule has 1 aromatic rings. The largest absolute Gasteiger partial charge is 0.493 e. The molecule has 0 unspecified atom stereocenters. The highest BCUT2D eigenvalue weighted by Gasteiger charge is 2.22. The predicted molar refractivity (Wildman–Crippen MR) is 90.5 cm³/mol. The van der Waals surface area contributed by atoms with Gasteiger partial charge in [0.1, 0.15) is 5.75 Å². The molecule has 5 heteroatoms. The molecule has 0 bridgehead atoms. The number of halogens is 1. The minimum atomic E-state index is -0.779. The summed E-state index contributed by atoms with van der Waals surface area (Å²) < 4.78 is 6.90. The fourth-order valence-corrected chi connectivity index (χ4v) is 3.28. The second-order valence-corrected chi connectivity index (χ2v) is 6.80. The van der Waals surface area contributed by atoms with Crippen molar-refractivity contribution in [3.8, 4) is 5.75 Å². The Morgan fingerprint density at radius 3 is 3.05 bits per heavy atom. The highest BCUT2D eigenvalue weighted by molar-refractivity contribution is 9.10. The van der Waals surface area contributed by atoms with E-state index >= 15 is 0 Å². The number of carboxylic acid groups (broad SMARTS) is 1. The molecule has 0 aromatic heterocycles. The molecule has 1 aromatic carbocycles. The summed E-state index contributed by atoms with van der Waals surface area (Å²) >= 11 is 3.51. The number of rotatable bonds is 6. The van der Waals surface area contributed by atoms with Crippen molar-refractivity contribution in [3.63, 3.8) is 0 Å². The Morgan fingerprint density at radius 1 is 1.45 bits per heavy atom. The summed E-state index contributed by atoms with van der Waals surface area (Å²) in [6.45, 7) is 4.15. The molecule has 1 aliphatic rings. The Balaban J connectivity index is 1.65. The molecule has 4 nitrogen and oxygen atoms in total. The summed E-state index contributed by atoms with van der Waals surface area (Å²) in [7, 11) is 0. The van der Waals surface area contributed by atoms with Crippen LogP contribution in [0.1, 0.15) is 37.7 Å². The number of ether oxygens (including phenoxy) is 1.